The van der Waals surface area contributed by atoms with Crippen LogP contribution >= 0.6 is 7.14 Å². The number of ether oxygens (including phenoxy) is 1. The number of fused-ring (bicyclic) bond motifs is 1. The molecule has 0 saturated carbocycles. The highest BCUT2D eigenvalue weighted by Crippen LogP contribution is 2.45. The Morgan fingerprint density at radius 1 is 0.857 bits per heavy atom. The average Bonchev–Trinajstić information content (AvgIpc) is 3.15. The van der Waals surface area contributed by atoms with Gasteiger partial charge >= 0.3 is 5.97 Å². The van der Waals surface area contributed by atoms with Gasteiger partial charge in [0.15, 0.2) is 7.14 Å². The maximum Gasteiger partial charge on any atom is 0.355 e. The van der Waals surface area contributed by atoms with Crippen molar-refractivity contribution in [1.29, 1.82) is 0 Å². The number of carbonyl (C=O) groups is 1. The van der Waals surface area contributed by atoms with Crippen molar-refractivity contribution in [3.63, 3.8) is 0 Å². The van der Waals surface area contributed by atoms with E-state index < -0.39 is 13.1 Å². The summed E-state index contributed by atoms with van der Waals surface area (Å²) in [4.78, 5) is 15.9. The number of para-hydroxylation sites is 1. The summed E-state index contributed by atoms with van der Waals surface area (Å²) in [5.41, 5.74) is 1.01. The summed E-state index contributed by atoms with van der Waals surface area (Å²) in [6.45, 7) is 2.00. The maximum atomic E-state index is 14.8. The van der Waals surface area contributed by atoms with Crippen molar-refractivity contribution >= 4 is 39.9 Å². The molecule has 0 unspecified atom stereocenters. The molecule has 0 fully saturated rings. The van der Waals surface area contributed by atoms with Crippen molar-refractivity contribution in [1.82, 2.24) is 4.98 Å². The molecule has 28 heavy (non-hydrogen) atoms. The number of H-pyrrole nitrogens is 1. The molecule has 140 valence electrons. The van der Waals surface area contributed by atoms with E-state index in [1.165, 1.54) is 0 Å². The van der Waals surface area contributed by atoms with E-state index in [2.05, 4.69) is 4.98 Å². The molecule has 4 rings (SSSR count). The fourth-order valence-corrected chi connectivity index (χ4v) is 6.48. The molecule has 1 N–H and O–H groups in total. The van der Waals surface area contributed by atoms with Crippen LogP contribution in [0.4, 0.5) is 0 Å². The van der Waals surface area contributed by atoms with Crippen LogP contribution in [-0.2, 0) is 9.30 Å². The highest BCUT2D eigenvalue weighted by atomic mass is 31.2. The molecule has 4 nitrogen and oxygen atoms in total. The molecule has 4 aromatic rings. The minimum absolute atomic E-state index is 0.245. The van der Waals surface area contributed by atoms with Crippen molar-refractivity contribution in [2.24, 2.45) is 0 Å². The van der Waals surface area contributed by atoms with Gasteiger partial charge in [-0.25, -0.2) is 4.79 Å². The van der Waals surface area contributed by atoms with Crippen LogP contribution in [0.25, 0.3) is 10.9 Å². The summed E-state index contributed by atoms with van der Waals surface area (Å²) >= 11 is 0. The van der Waals surface area contributed by atoms with Gasteiger partial charge in [-0.15, -0.1) is 0 Å². The number of nitrogens with one attached hydrogen (secondary N) is 1. The van der Waals surface area contributed by atoms with Crippen molar-refractivity contribution < 1.29 is 14.1 Å². The van der Waals surface area contributed by atoms with Crippen LogP contribution in [0, 0.1) is 0 Å². The van der Waals surface area contributed by atoms with E-state index in [0.29, 0.717) is 15.9 Å². The second-order valence-electron chi connectivity index (χ2n) is 6.40. The Balaban J connectivity index is 2.11. The summed E-state index contributed by atoms with van der Waals surface area (Å²) in [5.74, 6) is -0.499. The summed E-state index contributed by atoms with van der Waals surface area (Å²) in [6, 6.07) is 26.2. The van der Waals surface area contributed by atoms with Crippen LogP contribution in [0.2, 0.25) is 0 Å². The average molecular weight is 389 g/mol. The Kier molecular flexibility index (Phi) is 4.89. The molecule has 0 saturated heterocycles. The molecule has 0 aliphatic rings. The van der Waals surface area contributed by atoms with Gasteiger partial charge in [-0.2, -0.15) is 0 Å². The van der Waals surface area contributed by atoms with Crippen LogP contribution in [0.3, 0.4) is 0 Å². The zero-order valence-corrected chi connectivity index (χ0v) is 16.4. The van der Waals surface area contributed by atoms with Gasteiger partial charge in [0.1, 0.15) is 5.69 Å². The van der Waals surface area contributed by atoms with Crippen molar-refractivity contribution in [2.75, 3.05) is 6.61 Å². The van der Waals surface area contributed by atoms with E-state index in [0.717, 1.165) is 10.9 Å². The monoisotopic (exact) mass is 389 g/mol. The summed E-state index contributed by atoms with van der Waals surface area (Å²) in [6.07, 6.45) is 0. The van der Waals surface area contributed by atoms with Crippen molar-refractivity contribution in [3.8, 4) is 0 Å². The van der Waals surface area contributed by atoms with Crippen LogP contribution in [0.5, 0.6) is 0 Å². The lowest BCUT2D eigenvalue weighted by molar-refractivity contribution is 0.0522. The Labute approximate surface area is 163 Å². The molecule has 1 heterocycles. The first kappa shape index (κ1) is 18.3. The molecule has 0 aliphatic heterocycles. The predicted octanol–water partition coefficient (Wildman–Crippen LogP) is 3.98. The second kappa shape index (κ2) is 7.49. The molecule has 0 amide bonds. The number of benzene rings is 3. The molecule has 0 bridgehead atoms. The lowest BCUT2D eigenvalue weighted by Crippen LogP contribution is -2.28. The Morgan fingerprint density at radius 2 is 1.39 bits per heavy atom. The largest absolute Gasteiger partial charge is 0.461 e. The highest BCUT2D eigenvalue weighted by molar-refractivity contribution is 7.85. The van der Waals surface area contributed by atoms with E-state index in [1.54, 1.807) is 6.92 Å². The van der Waals surface area contributed by atoms with Crippen molar-refractivity contribution in [2.45, 2.75) is 6.92 Å². The molecule has 0 atom stereocenters. The maximum absolute atomic E-state index is 14.8. The van der Waals surface area contributed by atoms with E-state index in [4.69, 9.17) is 4.74 Å². The van der Waals surface area contributed by atoms with Crippen molar-refractivity contribution in [3.05, 3.63) is 90.6 Å². The Morgan fingerprint density at radius 3 is 1.96 bits per heavy atom. The zero-order valence-electron chi connectivity index (χ0n) is 15.5. The fraction of sp³-hybridized carbons (Fsp3) is 0.0870. The minimum atomic E-state index is -3.32. The molecule has 1 aromatic heterocycles. The predicted molar refractivity (Wildman–Crippen MR) is 114 cm³/mol. The third-order valence-corrected chi connectivity index (χ3v) is 7.86. The van der Waals surface area contributed by atoms with E-state index in [9.17, 15) is 9.36 Å². The van der Waals surface area contributed by atoms with E-state index >= 15 is 0 Å². The number of esters is 1. The summed E-state index contributed by atoms with van der Waals surface area (Å²) in [5, 5.41) is 2.62. The molecule has 0 aliphatic carbocycles. The van der Waals surface area contributed by atoms with Gasteiger partial charge in [0, 0.05) is 21.5 Å². The quantitative estimate of drug-likeness (QED) is 0.415. The normalized spacial score (nSPS) is 11.5. The third-order valence-electron chi connectivity index (χ3n) is 4.71. The first-order valence-corrected chi connectivity index (χ1v) is 10.9. The number of aromatic nitrogens is 1. The van der Waals surface area contributed by atoms with Gasteiger partial charge in [0.05, 0.1) is 11.9 Å². The van der Waals surface area contributed by atoms with Gasteiger partial charge in [-0.1, -0.05) is 78.9 Å². The first-order valence-electron chi connectivity index (χ1n) is 9.16. The molecular weight excluding hydrogens is 369 g/mol. The standard InChI is InChI=1S/C23H20NO3P/c1-2-27-23(25)21-22(19-15-9-10-16-20(19)24-21)28(26,17-11-5-3-6-12-17)18-13-7-4-8-14-18/h3-16,24H,2H2,1H3. The van der Waals surface area contributed by atoms with Gasteiger partial charge in [-0.05, 0) is 13.0 Å². The minimum Gasteiger partial charge on any atom is -0.461 e. The lowest BCUT2D eigenvalue weighted by Gasteiger charge is -2.20. The van der Waals surface area contributed by atoms with E-state index in [1.807, 2.05) is 84.9 Å². The van der Waals surface area contributed by atoms with E-state index in [-0.39, 0.29) is 12.3 Å². The number of hydrogen-bond donors (Lipinski definition) is 1. The lowest BCUT2D eigenvalue weighted by atomic mass is 10.2. The van der Waals surface area contributed by atoms with Crippen LogP contribution in [-0.4, -0.2) is 17.6 Å². The topological polar surface area (TPSA) is 59.2 Å². The van der Waals surface area contributed by atoms with Crippen LogP contribution in [0.1, 0.15) is 17.4 Å². The Hall–Kier alpha value is -3.10. The molecule has 0 radical (unpaired) electrons. The number of carbonyl (C=O) groups excluding carboxylic acids is 1. The Bertz CT molecular complexity index is 1120. The van der Waals surface area contributed by atoms with Crippen LogP contribution < -0.4 is 15.9 Å². The van der Waals surface area contributed by atoms with Crippen LogP contribution in [0.15, 0.2) is 84.9 Å². The molecule has 0 spiro atoms. The zero-order chi connectivity index (χ0) is 19.6. The molecule has 3 aromatic carbocycles. The number of rotatable bonds is 5. The number of aromatic amines is 1. The van der Waals surface area contributed by atoms with Gasteiger partial charge in [-0.3, -0.25) is 0 Å². The molecular formula is C23H20NO3P. The van der Waals surface area contributed by atoms with Gasteiger partial charge in [0.2, 0.25) is 0 Å². The summed E-state index contributed by atoms with van der Waals surface area (Å²) in [7, 11) is -3.32. The first-order chi connectivity index (χ1) is 13.7. The fourth-order valence-electron chi connectivity index (χ4n) is 3.49. The SMILES string of the molecule is CCOC(=O)c1[nH]c2ccccc2c1P(=O)(c1ccccc1)c1ccccc1. The molecule has 5 heteroatoms. The van der Waals surface area contributed by atoms with Gasteiger partial charge in [0.25, 0.3) is 0 Å². The third kappa shape index (κ3) is 2.96. The second-order valence-corrected chi connectivity index (χ2v) is 9.09. The van der Waals surface area contributed by atoms with Gasteiger partial charge < -0.3 is 14.3 Å². The smallest absolute Gasteiger partial charge is 0.355 e. The number of hydrogen-bond acceptors (Lipinski definition) is 3. The highest BCUT2D eigenvalue weighted by Gasteiger charge is 2.37. The summed E-state index contributed by atoms with van der Waals surface area (Å²) < 4.78 is 20.1.